The van der Waals surface area contributed by atoms with Gasteiger partial charge in [-0.2, -0.15) is 15.0 Å². The van der Waals surface area contributed by atoms with Gasteiger partial charge in [0, 0.05) is 0 Å². The van der Waals surface area contributed by atoms with Crippen LogP contribution in [-0.4, -0.2) is 22.0 Å². The molecule has 1 unspecified atom stereocenters. The molecule has 0 radical (unpaired) electrons. The summed E-state index contributed by atoms with van der Waals surface area (Å²) in [5, 5.41) is 5.85. The van der Waals surface area contributed by atoms with Crippen molar-refractivity contribution >= 4 is 11.9 Å². The molecule has 1 aliphatic carbocycles. The minimum absolute atomic E-state index is 0.00302. The summed E-state index contributed by atoms with van der Waals surface area (Å²) in [6, 6.07) is 6.52. The highest BCUT2D eigenvalue weighted by Gasteiger charge is 2.32. The number of nitrogens with one attached hydrogen (secondary N) is 2. The smallest absolute Gasteiger partial charge is 0.228 e. The number of hydrogen-bond acceptors (Lipinski definition) is 6. The second kappa shape index (κ2) is 5.98. The largest absolute Gasteiger partial charge is 0.368 e. The molecule has 0 spiro atoms. The van der Waals surface area contributed by atoms with Gasteiger partial charge in [-0.25, -0.2) is 4.39 Å². The molecule has 1 aliphatic rings. The van der Waals surface area contributed by atoms with Crippen molar-refractivity contribution in [2.45, 2.75) is 39.0 Å². The van der Waals surface area contributed by atoms with Gasteiger partial charge in [-0.1, -0.05) is 30.7 Å². The zero-order valence-corrected chi connectivity index (χ0v) is 14.4. The van der Waals surface area contributed by atoms with E-state index in [2.05, 4.69) is 57.6 Å². The highest BCUT2D eigenvalue weighted by Crippen LogP contribution is 2.38. The Hall–Kier alpha value is -2.28. The van der Waals surface area contributed by atoms with Gasteiger partial charge in [0.05, 0.1) is 6.04 Å². The van der Waals surface area contributed by atoms with E-state index < -0.39 is 5.79 Å². The number of rotatable bonds is 4. The van der Waals surface area contributed by atoms with Crippen molar-refractivity contribution in [2.75, 3.05) is 18.1 Å². The first kappa shape index (κ1) is 16.6. The number of anilines is 2. The van der Waals surface area contributed by atoms with Crippen molar-refractivity contribution in [2.24, 2.45) is 5.92 Å². The molecule has 24 heavy (non-hydrogen) atoms. The number of aryl methyl sites for hydroxylation is 1. The molecule has 6 nitrogen and oxygen atoms in total. The third-order valence-electron chi connectivity index (χ3n) is 4.57. The van der Waals surface area contributed by atoms with E-state index in [0.29, 0.717) is 11.9 Å². The molecular formula is C17H23FN6. The Morgan fingerprint density at radius 2 is 2.04 bits per heavy atom. The first-order chi connectivity index (χ1) is 11.3. The van der Waals surface area contributed by atoms with E-state index in [4.69, 9.17) is 5.73 Å². The monoisotopic (exact) mass is 330 g/mol. The average molecular weight is 330 g/mol. The van der Waals surface area contributed by atoms with E-state index >= 15 is 0 Å². The summed E-state index contributed by atoms with van der Waals surface area (Å²) in [5.41, 5.74) is 9.50. The van der Waals surface area contributed by atoms with E-state index in [0.717, 1.165) is 6.42 Å². The van der Waals surface area contributed by atoms with Gasteiger partial charge < -0.3 is 11.1 Å². The molecule has 1 aromatic carbocycles. The molecule has 0 aliphatic heterocycles. The zero-order chi connectivity index (χ0) is 17.5. The van der Waals surface area contributed by atoms with Crippen molar-refractivity contribution in [1.29, 1.82) is 0 Å². The number of hydrogen-bond donors (Lipinski definition) is 3. The molecule has 7 heteroatoms. The first-order valence-corrected chi connectivity index (χ1v) is 8.06. The molecule has 3 rings (SSSR count). The number of alkyl halides is 1. The molecule has 0 bridgehead atoms. The third-order valence-corrected chi connectivity index (χ3v) is 4.57. The van der Waals surface area contributed by atoms with Gasteiger partial charge in [0.15, 0.2) is 5.82 Å². The lowest BCUT2D eigenvalue weighted by molar-refractivity contribution is 0.139. The van der Waals surface area contributed by atoms with Crippen LogP contribution in [-0.2, 0) is 12.2 Å². The Morgan fingerprint density at radius 3 is 2.75 bits per heavy atom. The van der Waals surface area contributed by atoms with Gasteiger partial charge in [-0.15, -0.1) is 0 Å². The van der Waals surface area contributed by atoms with Crippen LogP contribution in [0.1, 0.15) is 42.4 Å². The van der Waals surface area contributed by atoms with E-state index in [9.17, 15) is 4.39 Å². The van der Waals surface area contributed by atoms with E-state index in [1.807, 2.05) is 0 Å². The Morgan fingerprint density at radius 1 is 1.29 bits per heavy atom. The maximum Gasteiger partial charge on any atom is 0.228 e. The summed E-state index contributed by atoms with van der Waals surface area (Å²) in [6.07, 6.45) is 0.984. The molecule has 1 heterocycles. The van der Waals surface area contributed by atoms with Crippen LogP contribution in [0, 0.1) is 12.8 Å². The van der Waals surface area contributed by atoms with Gasteiger partial charge in [0.25, 0.3) is 0 Å². The van der Waals surface area contributed by atoms with Gasteiger partial charge in [-0.05, 0) is 44.4 Å². The number of nitrogen functional groups attached to an aromatic ring is 1. The molecular weight excluding hydrogens is 307 g/mol. The van der Waals surface area contributed by atoms with Crippen molar-refractivity contribution < 1.29 is 4.39 Å². The molecule has 4 N–H and O–H groups in total. The van der Waals surface area contributed by atoms with Crippen LogP contribution in [0.25, 0.3) is 0 Å². The van der Waals surface area contributed by atoms with Crippen molar-refractivity contribution in [3.63, 3.8) is 0 Å². The summed E-state index contributed by atoms with van der Waals surface area (Å²) < 4.78 is 14.4. The number of aromatic nitrogens is 3. The molecule has 0 saturated carbocycles. The number of halogens is 1. The highest BCUT2D eigenvalue weighted by molar-refractivity contribution is 5.44. The lowest BCUT2D eigenvalue weighted by Crippen LogP contribution is -2.34. The quantitative estimate of drug-likeness (QED) is 0.746. The summed E-state index contributed by atoms with van der Waals surface area (Å²) in [6.45, 7) is 5.59. The molecule has 2 aromatic rings. The third kappa shape index (κ3) is 3.03. The number of benzene rings is 1. The first-order valence-electron chi connectivity index (χ1n) is 8.06. The number of nitrogens with two attached hydrogens (primary N) is 1. The van der Waals surface area contributed by atoms with Crippen LogP contribution < -0.4 is 16.4 Å². The van der Waals surface area contributed by atoms with Crippen molar-refractivity contribution in [3.8, 4) is 0 Å². The summed E-state index contributed by atoms with van der Waals surface area (Å²) in [5.74, 6) is -1.23. The molecule has 1 aromatic heterocycles. The maximum atomic E-state index is 14.4. The fourth-order valence-corrected chi connectivity index (χ4v) is 3.10. The summed E-state index contributed by atoms with van der Waals surface area (Å²) in [4.78, 5) is 12.2. The maximum absolute atomic E-state index is 14.4. The standard InChI is InChI=1S/C17H23FN6/c1-9-5-6-11-8-10(2)13(12(11)7-9)21-16-23-14(17(3,18)20-4)22-15(19)24-16/h5-7,10,13,20H,8H2,1-4H3,(H3,19,21,22,23,24)/t10-,13-,17?/m1/s1. The minimum atomic E-state index is -1.87. The Bertz CT molecular complexity index is 761. The normalized spacial score (nSPS) is 22.0. The molecule has 3 atom stereocenters. The molecule has 0 fully saturated rings. The van der Waals surface area contributed by atoms with Crippen LogP contribution in [0.4, 0.5) is 16.3 Å². The molecule has 0 saturated heterocycles. The molecule has 0 amide bonds. The van der Waals surface area contributed by atoms with Crippen LogP contribution in [0.15, 0.2) is 18.2 Å². The van der Waals surface area contributed by atoms with Gasteiger partial charge >= 0.3 is 0 Å². The van der Waals surface area contributed by atoms with E-state index in [1.54, 1.807) is 0 Å². The SMILES string of the molecule is CNC(C)(F)c1nc(N)nc(N[C@H]2c3cc(C)ccc3C[C@H]2C)n1. The van der Waals surface area contributed by atoms with Gasteiger partial charge in [0.2, 0.25) is 17.7 Å². The van der Waals surface area contributed by atoms with Crippen LogP contribution in [0.5, 0.6) is 0 Å². The number of fused-ring (bicyclic) bond motifs is 1. The minimum Gasteiger partial charge on any atom is -0.368 e. The summed E-state index contributed by atoms with van der Waals surface area (Å²) >= 11 is 0. The van der Waals surface area contributed by atoms with Gasteiger partial charge in [-0.3, -0.25) is 5.32 Å². The van der Waals surface area contributed by atoms with E-state index in [-0.39, 0.29) is 17.8 Å². The molecule has 128 valence electrons. The van der Waals surface area contributed by atoms with Crippen molar-refractivity contribution in [1.82, 2.24) is 20.3 Å². The lowest BCUT2D eigenvalue weighted by atomic mass is 10.0. The summed E-state index contributed by atoms with van der Waals surface area (Å²) in [7, 11) is 1.51. The Kier molecular flexibility index (Phi) is 4.13. The fourth-order valence-electron chi connectivity index (χ4n) is 3.10. The van der Waals surface area contributed by atoms with Crippen LogP contribution >= 0.6 is 0 Å². The Labute approximate surface area is 141 Å². The van der Waals surface area contributed by atoms with Crippen LogP contribution in [0.2, 0.25) is 0 Å². The second-order valence-corrected chi connectivity index (χ2v) is 6.60. The fraction of sp³-hybridized carbons (Fsp3) is 0.471. The van der Waals surface area contributed by atoms with E-state index in [1.165, 1.54) is 30.7 Å². The Balaban J connectivity index is 1.94. The predicted molar refractivity (Wildman–Crippen MR) is 92.2 cm³/mol. The lowest BCUT2D eigenvalue weighted by Gasteiger charge is -2.21. The van der Waals surface area contributed by atoms with Crippen molar-refractivity contribution in [3.05, 3.63) is 40.7 Å². The second-order valence-electron chi connectivity index (χ2n) is 6.60. The highest BCUT2D eigenvalue weighted by atomic mass is 19.1. The topological polar surface area (TPSA) is 88.8 Å². The average Bonchev–Trinajstić information content (AvgIpc) is 2.82. The predicted octanol–water partition coefficient (Wildman–Crippen LogP) is 2.47. The zero-order valence-electron chi connectivity index (χ0n) is 14.4. The van der Waals surface area contributed by atoms with Crippen LogP contribution in [0.3, 0.4) is 0 Å². The van der Waals surface area contributed by atoms with Gasteiger partial charge in [0.1, 0.15) is 0 Å². The number of nitrogens with zero attached hydrogens (tertiary/aromatic N) is 3.